The molecule has 5 aliphatic carbocycles. The minimum Gasteiger partial charge on any atom is -0.370 e. The van der Waals surface area contributed by atoms with Crippen LogP contribution in [0, 0.1) is 47.3 Å². The summed E-state index contributed by atoms with van der Waals surface area (Å²) in [4.78, 5) is 0. The minimum absolute atomic E-state index is 0.290. The van der Waals surface area contributed by atoms with Crippen molar-refractivity contribution in [3.63, 3.8) is 0 Å². The molecule has 96 valence electrons. The summed E-state index contributed by atoms with van der Waals surface area (Å²) < 4.78 is 6.76. The van der Waals surface area contributed by atoms with Crippen LogP contribution in [0.15, 0.2) is 30.3 Å². The van der Waals surface area contributed by atoms with E-state index >= 15 is 0 Å². The van der Waals surface area contributed by atoms with Gasteiger partial charge in [0.05, 0.1) is 11.7 Å². The second-order valence-corrected chi connectivity index (χ2v) is 8.12. The van der Waals surface area contributed by atoms with E-state index in [-0.39, 0.29) is 0 Å². The molecule has 5 saturated carbocycles. The molecular formula is C18H18O. The van der Waals surface area contributed by atoms with Crippen LogP contribution >= 0.6 is 0 Å². The quantitative estimate of drug-likeness (QED) is 0.784. The van der Waals surface area contributed by atoms with Gasteiger partial charge >= 0.3 is 0 Å². The molecule has 1 heteroatoms. The minimum atomic E-state index is 0.290. The predicted octanol–water partition coefficient (Wildman–Crippen LogP) is 2.75. The van der Waals surface area contributed by atoms with Crippen molar-refractivity contribution in [2.75, 3.05) is 0 Å². The molecule has 1 aromatic carbocycles. The summed E-state index contributed by atoms with van der Waals surface area (Å²) in [5.41, 5.74) is 1.80. The van der Waals surface area contributed by atoms with Crippen LogP contribution in [0.25, 0.3) is 0 Å². The number of hydrogen-bond donors (Lipinski definition) is 0. The zero-order valence-corrected chi connectivity index (χ0v) is 10.9. The topological polar surface area (TPSA) is 9.23 Å². The maximum absolute atomic E-state index is 6.76. The van der Waals surface area contributed by atoms with Gasteiger partial charge in [0.25, 0.3) is 0 Å². The second kappa shape index (κ2) is 2.41. The average Bonchev–Trinajstić information content (AvgIpc) is 3.03. The van der Waals surface area contributed by atoms with Gasteiger partial charge in [-0.1, -0.05) is 30.3 Å². The summed E-state index contributed by atoms with van der Waals surface area (Å²) >= 11 is 0. The van der Waals surface area contributed by atoms with Gasteiger partial charge in [-0.15, -0.1) is 0 Å². The second-order valence-electron chi connectivity index (χ2n) is 8.12. The van der Waals surface area contributed by atoms with E-state index in [0.29, 0.717) is 11.7 Å². The lowest BCUT2D eigenvalue weighted by molar-refractivity contribution is -0.0301. The summed E-state index contributed by atoms with van der Waals surface area (Å²) in [6, 6.07) is 11.1. The fourth-order valence-corrected chi connectivity index (χ4v) is 8.40. The molecule has 7 fully saturated rings. The van der Waals surface area contributed by atoms with Gasteiger partial charge in [0.2, 0.25) is 0 Å². The van der Waals surface area contributed by atoms with E-state index in [2.05, 4.69) is 30.3 Å². The van der Waals surface area contributed by atoms with Crippen LogP contribution in [-0.2, 0) is 11.2 Å². The standard InChI is InChI=1S/C18H18O/c1-2-4-8(5-3-1)7-18-15-10-6-9-11-12(10)16(18)14(11)17(19-18)13(9)15/h1-5,9-17H,6-7H2/t9-,10-,11+,12+,13+,14+,15-,16-,17-,18-/m0/s1. The van der Waals surface area contributed by atoms with E-state index in [9.17, 15) is 0 Å². The third-order valence-electron chi connectivity index (χ3n) is 8.19. The Morgan fingerprint density at radius 2 is 1.84 bits per heavy atom. The van der Waals surface area contributed by atoms with Crippen molar-refractivity contribution in [2.24, 2.45) is 47.3 Å². The van der Waals surface area contributed by atoms with Crippen LogP contribution < -0.4 is 0 Å². The fourth-order valence-electron chi connectivity index (χ4n) is 8.40. The highest BCUT2D eigenvalue weighted by atomic mass is 16.5. The molecule has 7 aliphatic rings. The first kappa shape index (κ1) is 9.18. The lowest BCUT2D eigenvalue weighted by Gasteiger charge is -2.46. The number of ether oxygens (including phenoxy) is 1. The van der Waals surface area contributed by atoms with Crippen LogP contribution in [0.4, 0.5) is 0 Å². The van der Waals surface area contributed by atoms with Crippen LogP contribution in [-0.4, -0.2) is 11.7 Å². The zero-order chi connectivity index (χ0) is 11.9. The molecule has 0 N–H and O–H groups in total. The van der Waals surface area contributed by atoms with Gasteiger partial charge in [0.1, 0.15) is 0 Å². The molecule has 4 bridgehead atoms. The highest BCUT2D eigenvalue weighted by Gasteiger charge is 2.92. The summed E-state index contributed by atoms with van der Waals surface area (Å²) in [7, 11) is 0. The van der Waals surface area contributed by atoms with Gasteiger partial charge in [-0.3, -0.25) is 0 Å². The third kappa shape index (κ3) is 0.665. The molecule has 2 heterocycles. The molecule has 0 spiro atoms. The van der Waals surface area contributed by atoms with Crippen LogP contribution in [0.2, 0.25) is 0 Å². The van der Waals surface area contributed by atoms with Crippen molar-refractivity contribution >= 4 is 0 Å². The lowest BCUT2D eigenvalue weighted by Crippen LogP contribution is -2.49. The molecule has 0 amide bonds. The molecule has 1 aromatic rings. The summed E-state index contributed by atoms with van der Waals surface area (Å²) in [6.07, 6.45) is 3.48. The molecule has 19 heavy (non-hydrogen) atoms. The Morgan fingerprint density at radius 3 is 2.74 bits per heavy atom. The third-order valence-corrected chi connectivity index (χ3v) is 8.19. The summed E-state index contributed by atoms with van der Waals surface area (Å²) in [5.74, 6) is 8.25. The van der Waals surface area contributed by atoms with Crippen molar-refractivity contribution in [3.8, 4) is 0 Å². The molecule has 8 rings (SSSR count). The van der Waals surface area contributed by atoms with E-state index in [1.807, 2.05) is 0 Å². The molecule has 10 atom stereocenters. The first-order valence-corrected chi connectivity index (χ1v) is 8.12. The zero-order valence-electron chi connectivity index (χ0n) is 10.9. The molecule has 2 saturated heterocycles. The Bertz CT molecular complexity index is 599. The lowest BCUT2D eigenvalue weighted by atomic mass is 9.57. The maximum Gasteiger partial charge on any atom is 0.0795 e. The van der Waals surface area contributed by atoms with E-state index < -0.39 is 0 Å². The highest BCUT2D eigenvalue weighted by molar-refractivity contribution is 5.40. The van der Waals surface area contributed by atoms with E-state index in [0.717, 1.165) is 47.3 Å². The average molecular weight is 250 g/mol. The summed E-state index contributed by atoms with van der Waals surface area (Å²) in [5, 5.41) is 0. The molecule has 0 radical (unpaired) electrons. The predicted molar refractivity (Wildman–Crippen MR) is 70.3 cm³/mol. The van der Waals surface area contributed by atoms with Gasteiger partial charge in [-0.2, -0.15) is 0 Å². The van der Waals surface area contributed by atoms with Crippen molar-refractivity contribution in [3.05, 3.63) is 35.9 Å². The van der Waals surface area contributed by atoms with Crippen LogP contribution in [0.1, 0.15) is 12.0 Å². The largest absolute Gasteiger partial charge is 0.370 e. The Balaban J connectivity index is 1.42. The van der Waals surface area contributed by atoms with E-state index in [4.69, 9.17) is 4.74 Å². The molecule has 1 nitrogen and oxygen atoms in total. The smallest absolute Gasteiger partial charge is 0.0795 e. The number of benzene rings is 1. The number of rotatable bonds is 2. The van der Waals surface area contributed by atoms with Crippen LogP contribution in [0.5, 0.6) is 0 Å². The first-order chi connectivity index (χ1) is 9.40. The number of hydrogen-bond acceptors (Lipinski definition) is 1. The fraction of sp³-hybridized carbons (Fsp3) is 0.667. The van der Waals surface area contributed by atoms with Crippen molar-refractivity contribution in [1.29, 1.82) is 0 Å². The SMILES string of the molecule is c1ccc(C[C@@]23O[C@@H]4[C@@H]5[C@@H]6[C@@H]7C[C@@H]([C@H]6[C@@H]52)[C@H]3[C@@H]74)cc1. The maximum atomic E-state index is 6.76. The van der Waals surface area contributed by atoms with Gasteiger partial charge in [-0.25, -0.2) is 0 Å². The molecule has 0 unspecified atom stereocenters. The Morgan fingerprint density at radius 1 is 0.947 bits per heavy atom. The van der Waals surface area contributed by atoms with Gasteiger partial charge in [-0.05, 0) is 59.3 Å². The first-order valence-electron chi connectivity index (χ1n) is 8.12. The van der Waals surface area contributed by atoms with Crippen LogP contribution in [0.3, 0.4) is 0 Å². The molecule has 0 aromatic heterocycles. The monoisotopic (exact) mass is 250 g/mol. The molecular weight excluding hydrogens is 232 g/mol. The Kier molecular flexibility index (Phi) is 1.17. The van der Waals surface area contributed by atoms with E-state index in [1.54, 1.807) is 6.42 Å². The Hall–Kier alpha value is -0.820. The van der Waals surface area contributed by atoms with Crippen molar-refractivity contribution < 1.29 is 4.74 Å². The summed E-state index contributed by atoms with van der Waals surface area (Å²) in [6.45, 7) is 0. The van der Waals surface area contributed by atoms with Crippen molar-refractivity contribution in [1.82, 2.24) is 0 Å². The molecule has 2 aliphatic heterocycles. The normalized spacial score (nSPS) is 67.5. The van der Waals surface area contributed by atoms with Gasteiger partial charge in [0.15, 0.2) is 0 Å². The van der Waals surface area contributed by atoms with Gasteiger partial charge < -0.3 is 4.74 Å². The van der Waals surface area contributed by atoms with E-state index in [1.165, 1.54) is 12.0 Å². The van der Waals surface area contributed by atoms with Gasteiger partial charge in [0, 0.05) is 6.42 Å². The van der Waals surface area contributed by atoms with Crippen molar-refractivity contribution in [2.45, 2.75) is 24.5 Å². The highest BCUT2D eigenvalue weighted by Crippen LogP contribution is 2.90. The Labute approximate surface area is 113 Å².